The lowest BCUT2D eigenvalue weighted by atomic mass is 9.90. The van der Waals surface area contributed by atoms with Gasteiger partial charge in [0.05, 0.1) is 24.8 Å². The average molecular weight is 254 g/mol. The highest BCUT2D eigenvalue weighted by atomic mass is 32.1. The fraction of sp³-hybridized carbons (Fsp3) is 0.417. The molecule has 0 amide bonds. The Labute approximate surface area is 105 Å². The molecular weight excluding hydrogens is 239 g/mol. The molecule has 0 aromatic heterocycles. The molecule has 1 unspecified atom stereocenters. The summed E-state index contributed by atoms with van der Waals surface area (Å²) in [6.07, 6.45) is 0. The van der Waals surface area contributed by atoms with E-state index in [1.807, 2.05) is 6.92 Å². The van der Waals surface area contributed by atoms with Gasteiger partial charge in [-0.15, -0.1) is 0 Å². The summed E-state index contributed by atoms with van der Waals surface area (Å²) in [7, 11) is 0. The first-order valence-corrected chi connectivity index (χ1v) is 5.88. The van der Waals surface area contributed by atoms with Gasteiger partial charge in [0.15, 0.2) is 0 Å². The SMILES string of the molecule is C[C@@]1(c2cc(N)ccc2F)COCC(C=S)N1. The van der Waals surface area contributed by atoms with Crippen molar-refractivity contribution in [3.63, 3.8) is 0 Å². The highest BCUT2D eigenvalue weighted by molar-refractivity contribution is 7.79. The number of ether oxygens (including phenoxy) is 1. The van der Waals surface area contributed by atoms with Gasteiger partial charge in [-0.05, 0) is 30.5 Å². The number of nitrogen functional groups attached to an aromatic ring is 1. The van der Waals surface area contributed by atoms with E-state index in [0.29, 0.717) is 24.5 Å². The van der Waals surface area contributed by atoms with Gasteiger partial charge in [-0.2, -0.15) is 0 Å². The van der Waals surface area contributed by atoms with Gasteiger partial charge in [0.1, 0.15) is 5.82 Å². The largest absolute Gasteiger partial charge is 0.399 e. The zero-order valence-electron chi connectivity index (χ0n) is 9.57. The predicted molar refractivity (Wildman–Crippen MR) is 69.6 cm³/mol. The van der Waals surface area contributed by atoms with Gasteiger partial charge in [0.2, 0.25) is 0 Å². The van der Waals surface area contributed by atoms with Crippen LogP contribution in [0.4, 0.5) is 10.1 Å². The summed E-state index contributed by atoms with van der Waals surface area (Å²) in [5, 5.41) is 4.88. The van der Waals surface area contributed by atoms with Crippen molar-refractivity contribution in [2.75, 3.05) is 18.9 Å². The predicted octanol–water partition coefficient (Wildman–Crippen LogP) is 1.61. The molecule has 1 saturated heterocycles. The van der Waals surface area contributed by atoms with Crippen LogP contribution in [-0.4, -0.2) is 24.6 Å². The number of thiocarbonyl (C=S) groups is 1. The maximum absolute atomic E-state index is 13.8. The third kappa shape index (κ3) is 2.46. The first kappa shape index (κ1) is 12.4. The average Bonchev–Trinajstić information content (AvgIpc) is 2.32. The van der Waals surface area contributed by atoms with E-state index in [1.54, 1.807) is 17.5 Å². The third-order valence-corrected chi connectivity index (χ3v) is 3.27. The molecule has 3 N–H and O–H groups in total. The van der Waals surface area contributed by atoms with E-state index in [9.17, 15) is 4.39 Å². The molecule has 0 spiro atoms. The molecule has 1 aromatic carbocycles. The molecule has 0 aliphatic carbocycles. The molecule has 2 rings (SSSR count). The van der Waals surface area contributed by atoms with Crippen molar-refractivity contribution in [1.82, 2.24) is 5.32 Å². The Morgan fingerprint density at radius 3 is 3.12 bits per heavy atom. The van der Waals surface area contributed by atoms with Gasteiger partial charge in [-0.1, -0.05) is 12.2 Å². The van der Waals surface area contributed by atoms with E-state index in [-0.39, 0.29) is 11.9 Å². The number of benzene rings is 1. The Balaban J connectivity index is 2.36. The lowest BCUT2D eigenvalue weighted by molar-refractivity contribution is 0.0203. The van der Waals surface area contributed by atoms with Gasteiger partial charge >= 0.3 is 0 Å². The number of morpholine rings is 1. The Morgan fingerprint density at radius 1 is 1.65 bits per heavy atom. The monoisotopic (exact) mass is 254 g/mol. The molecule has 5 heteroatoms. The van der Waals surface area contributed by atoms with Gasteiger partial charge in [-0.25, -0.2) is 4.39 Å². The van der Waals surface area contributed by atoms with Crippen LogP contribution in [0.25, 0.3) is 0 Å². The number of nitrogens with two attached hydrogens (primary N) is 1. The summed E-state index contributed by atoms with van der Waals surface area (Å²) in [6.45, 7) is 2.80. The molecule has 17 heavy (non-hydrogen) atoms. The molecule has 0 radical (unpaired) electrons. The highest BCUT2D eigenvalue weighted by Gasteiger charge is 2.35. The zero-order chi connectivity index (χ0) is 12.5. The lowest BCUT2D eigenvalue weighted by Crippen LogP contribution is -2.56. The summed E-state index contributed by atoms with van der Waals surface area (Å²) < 4.78 is 19.3. The Bertz CT molecular complexity index is 441. The van der Waals surface area contributed by atoms with Crippen LogP contribution >= 0.6 is 12.2 Å². The van der Waals surface area contributed by atoms with E-state index in [2.05, 4.69) is 5.32 Å². The minimum absolute atomic E-state index is 0.0513. The number of hydrogen-bond donors (Lipinski definition) is 2. The number of rotatable bonds is 2. The molecule has 92 valence electrons. The third-order valence-electron chi connectivity index (χ3n) is 2.94. The molecular formula is C12H15FN2OS. The molecule has 1 aromatic rings. The number of halogens is 1. The molecule has 1 aliphatic heterocycles. The topological polar surface area (TPSA) is 47.3 Å². The fourth-order valence-electron chi connectivity index (χ4n) is 2.08. The fourth-order valence-corrected chi connectivity index (χ4v) is 2.22. The van der Waals surface area contributed by atoms with E-state index >= 15 is 0 Å². The Kier molecular flexibility index (Phi) is 3.42. The number of anilines is 1. The highest BCUT2D eigenvalue weighted by Crippen LogP contribution is 2.28. The van der Waals surface area contributed by atoms with Crippen LogP contribution in [0, 0.1) is 5.82 Å². The second kappa shape index (κ2) is 4.68. The van der Waals surface area contributed by atoms with E-state index < -0.39 is 5.54 Å². The Hall–Kier alpha value is -1.04. The van der Waals surface area contributed by atoms with Gasteiger partial charge in [0, 0.05) is 11.3 Å². The van der Waals surface area contributed by atoms with Crippen molar-refractivity contribution in [3.05, 3.63) is 29.6 Å². The van der Waals surface area contributed by atoms with Crippen LogP contribution in [0.2, 0.25) is 0 Å². The van der Waals surface area contributed by atoms with Crippen molar-refractivity contribution in [2.45, 2.75) is 18.5 Å². The summed E-state index contributed by atoms with van der Waals surface area (Å²) in [4.78, 5) is 0. The summed E-state index contributed by atoms with van der Waals surface area (Å²) in [5.74, 6) is -0.289. The molecule has 1 heterocycles. The van der Waals surface area contributed by atoms with Crippen LogP contribution in [0.3, 0.4) is 0 Å². The first-order chi connectivity index (χ1) is 8.05. The molecule has 3 nitrogen and oxygen atoms in total. The van der Waals surface area contributed by atoms with Crippen molar-refractivity contribution >= 4 is 23.3 Å². The standard InChI is InChI=1S/C12H15FN2OS/c1-12(7-16-5-9(6-17)15-12)10-4-8(14)2-3-11(10)13/h2-4,6,9,15H,5,7,14H2,1H3/t9?,12-/m0/s1. The van der Waals surface area contributed by atoms with Crippen LogP contribution < -0.4 is 11.1 Å². The molecule has 1 fully saturated rings. The molecule has 1 aliphatic rings. The second-order valence-corrected chi connectivity index (χ2v) is 4.75. The molecule has 2 atom stereocenters. The normalized spacial score (nSPS) is 28.9. The van der Waals surface area contributed by atoms with Gasteiger partial charge in [0.25, 0.3) is 0 Å². The van der Waals surface area contributed by atoms with Crippen molar-refractivity contribution in [3.8, 4) is 0 Å². The lowest BCUT2D eigenvalue weighted by Gasteiger charge is -2.39. The summed E-state index contributed by atoms with van der Waals surface area (Å²) in [5.41, 5.74) is 6.15. The Morgan fingerprint density at radius 2 is 2.41 bits per heavy atom. The van der Waals surface area contributed by atoms with Crippen LogP contribution in [0.5, 0.6) is 0 Å². The number of nitrogens with one attached hydrogen (secondary N) is 1. The van der Waals surface area contributed by atoms with Crippen LogP contribution in [-0.2, 0) is 10.3 Å². The maximum Gasteiger partial charge on any atom is 0.128 e. The first-order valence-electron chi connectivity index (χ1n) is 5.41. The van der Waals surface area contributed by atoms with E-state index in [0.717, 1.165) is 0 Å². The van der Waals surface area contributed by atoms with E-state index in [1.165, 1.54) is 6.07 Å². The van der Waals surface area contributed by atoms with E-state index in [4.69, 9.17) is 22.7 Å². The minimum Gasteiger partial charge on any atom is -0.399 e. The number of hydrogen-bond acceptors (Lipinski definition) is 4. The van der Waals surface area contributed by atoms with Crippen LogP contribution in [0.15, 0.2) is 18.2 Å². The zero-order valence-corrected chi connectivity index (χ0v) is 10.4. The van der Waals surface area contributed by atoms with Crippen molar-refractivity contribution < 1.29 is 9.13 Å². The van der Waals surface area contributed by atoms with Gasteiger partial charge < -0.3 is 10.5 Å². The second-order valence-electron chi connectivity index (χ2n) is 4.47. The van der Waals surface area contributed by atoms with Gasteiger partial charge in [-0.3, -0.25) is 5.32 Å². The minimum atomic E-state index is -0.600. The van der Waals surface area contributed by atoms with Crippen LogP contribution in [0.1, 0.15) is 12.5 Å². The van der Waals surface area contributed by atoms with Crippen molar-refractivity contribution in [1.29, 1.82) is 0 Å². The maximum atomic E-state index is 13.8. The smallest absolute Gasteiger partial charge is 0.128 e. The summed E-state index contributed by atoms with van der Waals surface area (Å²) in [6, 6.07) is 4.50. The quantitative estimate of drug-likeness (QED) is 0.622. The molecule has 0 bridgehead atoms. The van der Waals surface area contributed by atoms with Crippen molar-refractivity contribution in [2.24, 2.45) is 0 Å². The summed E-state index contributed by atoms with van der Waals surface area (Å²) >= 11 is 4.90. The molecule has 0 saturated carbocycles.